The molecule has 0 spiro atoms. The van der Waals surface area contributed by atoms with Crippen LogP contribution in [0.15, 0.2) is 24.4 Å². The number of aromatic amines is 1. The molecule has 0 aliphatic rings. The summed E-state index contributed by atoms with van der Waals surface area (Å²) < 4.78 is 32.1. The molecule has 0 unspecified atom stereocenters. The van der Waals surface area contributed by atoms with Crippen molar-refractivity contribution >= 4 is 12.2 Å². The Morgan fingerprint density at radius 2 is 2.06 bits per heavy atom. The lowest BCUT2D eigenvalue weighted by Crippen LogP contribution is -1.94. The van der Waals surface area contributed by atoms with Gasteiger partial charge in [0.2, 0.25) is 0 Å². The Labute approximate surface area is 101 Å². The molecule has 17 heavy (non-hydrogen) atoms. The fourth-order valence-electron chi connectivity index (χ4n) is 1.42. The van der Waals surface area contributed by atoms with Crippen LogP contribution in [0.4, 0.5) is 8.78 Å². The lowest BCUT2D eigenvalue weighted by atomic mass is 10.1. The van der Waals surface area contributed by atoms with Gasteiger partial charge in [0.25, 0.3) is 0 Å². The lowest BCUT2D eigenvalue weighted by Gasteiger charge is -2.07. The first-order valence-corrected chi connectivity index (χ1v) is 5.11. The van der Waals surface area contributed by atoms with Crippen LogP contribution in [0.5, 0.6) is 5.75 Å². The maximum absolute atomic E-state index is 13.7. The van der Waals surface area contributed by atoms with Gasteiger partial charge < -0.3 is 9.72 Å². The summed E-state index contributed by atoms with van der Waals surface area (Å²) in [5.74, 6) is -1.38. The second kappa shape index (κ2) is 4.58. The molecule has 0 bridgehead atoms. The Bertz CT molecular complexity index is 613. The Kier molecular flexibility index (Phi) is 3.14. The lowest BCUT2D eigenvalue weighted by molar-refractivity contribution is 0.383. The fraction of sp³-hybridized carbons (Fsp3) is 0.0909. The molecule has 2 rings (SSSR count). The largest absolute Gasteiger partial charge is 0.494 e. The van der Waals surface area contributed by atoms with E-state index in [1.165, 1.54) is 19.4 Å². The molecule has 2 aromatic rings. The van der Waals surface area contributed by atoms with E-state index in [0.29, 0.717) is 5.69 Å². The van der Waals surface area contributed by atoms with E-state index >= 15 is 0 Å². The first-order chi connectivity index (χ1) is 8.11. The zero-order valence-corrected chi connectivity index (χ0v) is 9.65. The highest BCUT2D eigenvalue weighted by Crippen LogP contribution is 2.27. The van der Waals surface area contributed by atoms with Crippen LogP contribution in [0, 0.1) is 16.4 Å². The minimum absolute atomic E-state index is 0.0804. The minimum atomic E-state index is -0.639. The van der Waals surface area contributed by atoms with Gasteiger partial charge >= 0.3 is 0 Å². The maximum atomic E-state index is 13.7. The highest BCUT2D eigenvalue weighted by Gasteiger charge is 2.12. The first kappa shape index (κ1) is 11.7. The molecule has 0 saturated heterocycles. The SMILES string of the molecule is COc1cc(F)c(-c2ccnc(=S)[nH]2)cc1F. The van der Waals surface area contributed by atoms with Crippen LogP contribution < -0.4 is 4.74 Å². The number of hydrogen-bond donors (Lipinski definition) is 1. The summed E-state index contributed by atoms with van der Waals surface area (Å²) in [7, 11) is 1.28. The molecule has 0 aliphatic heterocycles. The molecule has 0 saturated carbocycles. The van der Waals surface area contributed by atoms with Crippen molar-refractivity contribution in [3.8, 4) is 17.0 Å². The molecule has 1 N–H and O–H groups in total. The van der Waals surface area contributed by atoms with Crippen LogP contribution in [-0.2, 0) is 0 Å². The van der Waals surface area contributed by atoms with E-state index in [1.54, 1.807) is 0 Å². The molecule has 6 heteroatoms. The summed E-state index contributed by atoms with van der Waals surface area (Å²) in [6.07, 6.45) is 1.43. The maximum Gasteiger partial charge on any atom is 0.197 e. The van der Waals surface area contributed by atoms with Crippen LogP contribution in [0.2, 0.25) is 0 Å². The number of H-pyrrole nitrogens is 1. The van der Waals surface area contributed by atoms with Crippen molar-refractivity contribution in [3.63, 3.8) is 0 Å². The number of halogens is 2. The van der Waals surface area contributed by atoms with Gasteiger partial charge in [0.15, 0.2) is 16.3 Å². The topological polar surface area (TPSA) is 37.9 Å². The van der Waals surface area contributed by atoms with Crippen LogP contribution >= 0.6 is 12.2 Å². The Balaban J connectivity index is 2.60. The molecule has 88 valence electrons. The number of nitrogens with zero attached hydrogens (tertiary/aromatic N) is 1. The normalized spacial score (nSPS) is 10.3. The van der Waals surface area contributed by atoms with Crippen molar-refractivity contribution in [2.75, 3.05) is 7.11 Å². The highest BCUT2D eigenvalue weighted by molar-refractivity contribution is 7.71. The summed E-state index contributed by atoms with van der Waals surface area (Å²) in [4.78, 5) is 6.45. The predicted octanol–water partition coefficient (Wildman–Crippen LogP) is 3.09. The third-order valence-corrected chi connectivity index (χ3v) is 2.41. The molecule has 0 radical (unpaired) electrons. The number of hydrogen-bond acceptors (Lipinski definition) is 3. The van der Waals surface area contributed by atoms with Crippen molar-refractivity contribution in [1.82, 2.24) is 9.97 Å². The summed E-state index contributed by atoms with van der Waals surface area (Å²) >= 11 is 4.82. The van der Waals surface area contributed by atoms with Crippen molar-refractivity contribution in [2.45, 2.75) is 0 Å². The molecule has 0 amide bonds. The van der Waals surface area contributed by atoms with E-state index in [1.807, 2.05) is 0 Å². The van der Waals surface area contributed by atoms with E-state index < -0.39 is 11.6 Å². The van der Waals surface area contributed by atoms with Crippen molar-refractivity contribution in [3.05, 3.63) is 40.8 Å². The molecule has 1 heterocycles. The number of ether oxygens (including phenoxy) is 1. The highest BCUT2D eigenvalue weighted by atomic mass is 32.1. The average Bonchev–Trinajstić information content (AvgIpc) is 2.31. The number of rotatable bonds is 2. The van der Waals surface area contributed by atoms with Crippen molar-refractivity contribution in [1.29, 1.82) is 0 Å². The second-order valence-electron chi connectivity index (χ2n) is 3.26. The summed E-state index contributed by atoms with van der Waals surface area (Å²) in [5.41, 5.74) is 0.445. The van der Waals surface area contributed by atoms with Gasteiger partial charge in [-0.15, -0.1) is 0 Å². The number of benzene rings is 1. The monoisotopic (exact) mass is 254 g/mol. The Morgan fingerprint density at radius 1 is 1.29 bits per heavy atom. The molecular formula is C11H8F2N2OS. The molecule has 3 nitrogen and oxygen atoms in total. The summed E-state index contributed by atoms with van der Waals surface area (Å²) in [6.45, 7) is 0. The van der Waals surface area contributed by atoms with Gasteiger partial charge in [0, 0.05) is 17.8 Å². The number of methoxy groups -OCH3 is 1. The number of nitrogens with one attached hydrogen (secondary N) is 1. The Morgan fingerprint density at radius 3 is 2.71 bits per heavy atom. The van der Waals surface area contributed by atoms with Crippen molar-refractivity contribution < 1.29 is 13.5 Å². The van der Waals surface area contributed by atoms with E-state index in [-0.39, 0.29) is 16.1 Å². The van der Waals surface area contributed by atoms with E-state index in [4.69, 9.17) is 12.2 Å². The standard InChI is InChI=1S/C11H8F2N2OS/c1-16-10-5-7(12)6(4-8(10)13)9-2-3-14-11(17)15-9/h2-5H,1H3,(H,14,15,17). The zero-order valence-electron chi connectivity index (χ0n) is 8.83. The van der Waals surface area contributed by atoms with Crippen LogP contribution in [-0.4, -0.2) is 17.1 Å². The summed E-state index contributed by atoms with van der Waals surface area (Å²) in [5, 5.41) is 0. The van der Waals surface area contributed by atoms with Gasteiger partial charge in [-0.1, -0.05) is 0 Å². The number of aromatic nitrogens is 2. The van der Waals surface area contributed by atoms with Crippen LogP contribution in [0.3, 0.4) is 0 Å². The third-order valence-electron chi connectivity index (χ3n) is 2.21. The zero-order chi connectivity index (χ0) is 12.4. The molecule has 0 fully saturated rings. The Hall–Kier alpha value is -1.82. The smallest absolute Gasteiger partial charge is 0.197 e. The predicted molar refractivity (Wildman–Crippen MR) is 61.3 cm³/mol. The van der Waals surface area contributed by atoms with Gasteiger partial charge in [0.1, 0.15) is 5.82 Å². The van der Waals surface area contributed by atoms with Crippen LogP contribution in [0.1, 0.15) is 0 Å². The molecule has 0 atom stereocenters. The van der Waals surface area contributed by atoms with E-state index in [0.717, 1.165) is 12.1 Å². The fourth-order valence-corrected chi connectivity index (χ4v) is 1.59. The van der Waals surface area contributed by atoms with Gasteiger partial charge in [-0.2, -0.15) is 0 Å². The molecule has 1 aromatic carbocycles. The third kappa shape index (κ3) is 2.31. The van der Waals surface area contributed by atoms with Gasteiger partial charge in [-0.3, -0.25) is 0 Å². The van der Waals surface area contributed by atoms with E-state index in [9.17, 15) is 8.78 Å². The quantitative estimate of drug-likeness (QED) is 0.837. The first-order valence-electron chi connectivity index (χ1n) is 4.70. The van der Waals surface area contributed by atoms with Gasteiger partial charge in [-0.25, -0.2) is 13.8 Å². The molecule has 0 aliphatic carbocycles. The average molecular weight is 254 g/mol. The molecule has 1 aromatic heterocycles. The summed E-state index contributed by atoms with van der Waals surface area (Å²) in [6, 6.07) is 3.55. The van der Waals surface area contributed by atoms with Gasteiger partial charge in [0.05, 0.1) is 12.8 Å². The van der Waals surface area contributed by atoms with Crippen LogP contribution in [0.25, 0.3) is 11.3 Å². The second-order valence-corrected chi connectivity index (χ2v) is 3.64. The van der Waals surface area contributed by atoms with Gasteiger partial charge in [-0.05, 0) is 24.4 Å². The van der Waals surface area contributed by atoms with Crippen molar-refractivity contribution in [2.24, 2.45) is 0 Å². The van der Waals surface area contributed by atoms with E-state index in [2.05, 4.69) is 14.7 Å². The minimum Gasteiger partial charge on any atom is -0.494 e. The molecular weight excluding hydrogens is 246 g/mol.